The van der Waals surface area contributed by atoms with Crippen molar-refractivity contribution >= 4 is 7.69 Å². The SMILES string of the molecule is [Li+].[Li+].[O-][B][O-]. The van der Waals surface area contributed by atoms with Crippen LogP contribution in [0.25, 0.3) is 0 Å². The van der Waals surface area contributed by atoms with Crippen LogP contribution < -0.4 is 47.8 Å². The van der Waals surface area contributed by atoms with Gasteiger partial charge in [-0.05, 0) is 0 Å². The molecule has 0 bridgehead atoms. The van der Waals surface area contributed by atoms with Crippen molar-refractivity contribution in [1.82, 2.24) is 0 Å². The van der Waals surface area contributed by atoms with E-state index in [1.54, 1.807) is 0 Å². The summed E-state index contributed by atoms with van der Waals surface area (Å²) in [6.45, 7) is 0. The normalized spacial score (nSPS) is 2.80. The second kappa shape index (κ2) is 19.0. The van der Waals surface area contributed by atoms with Gasteiger partial charge in [-0.15, -0.1) is 0 Å². The van der Waals surface area contributed by atoms with Gasteiger partial charge < -0.3 is 10.0 Å². The molecular formula is BLi2O2. The summed E-state index contributed by atoms with van der Waals surface area (Å²) in [5.41, 5.74) is 0. The second-order valence-corrected chi connectivity index (χ2v) is 0.0962. The third-order valence-electron chi connectivity index (χ3n) is 0. The first-order chi connectivity index (χ1) is 1.41. The maximum atomic E-state index is 8.25. The zero-order valence-electron chi connectivity index (χ0n) is 3.39. The van der Waals surface area contributed by atoms with Crippen LogP contribution in [0.5, 0.6) is 0 Å². The Balaban J connectivity index is -0.0000000200. The molecule has 0 amide bonds. The Bertz CT molecular complexity index is 7.61. The van der Waals surface area contributed by atoms with Gasteiger partial charge in [-0.3, -0.25) is 0 Å². The zero-order chi connectivity index (χ0) is 2.71. The monoisotopic (exact) mass is 57.0 g/mol. The first-order valence-electron chi connectivity index (χ1n) is 0.471. The van der Waals surface area contributed by atoms with E-state index in [9.17, 15) is 0 Å². The van der Waals surface area contributed by atoms with E-state index < -0.39 is 7.69 Å². The van der Waals surface area contributed by atoms with Crippen molar-refractivity contribution in [3.63, 3.8) is 0 Å². The predicted molar refractivity (Wildman–Crippen MR) is 5.75 cm³/mol. The summed E-state index contributed by atoms with van der Waals surface area (Å²) in [5, 5.41) is 16.5. The van der Waals surface area contributed by atoms with Crippen LogP contribution in [0.15, 0.2) is 0 Å². The third-order valence-corrected chi connectivity index (χ3v) is 0. The maximum Gasteiger partial charge on any atom is 1.00 e. The molecule has 0 saturated heterocycles. The molecule has 0 aromatic carbocycles. The Hall–Kier alpha value is 1.18. The summed E-state index contributed by atoms with van der Waals surface area (Å²) in [7, 11) is -0.500. The molecule has 0 spiro atoms. The summed E-state index contributed by atoms with van der Waals surface area (Å²) in [6.07, 6.45) is 0. The quantitative estimate of drug-likeness (QED) is 0.259. The van der Waals surface area contributed by atoms with Gasteiger partial charge in [-0.25, -0.2) is 7.69 Å². The Kier molecular flexibility index (Phi) is 62.5. The van der Waals surface area contributed by atoms with Crippen molar-refractivity contribution < 1.29 is 47.8 Å². The molecule has 0 aliphatic carbocycles. The van der Waals surface area contributed by atoms with Gasteiger partial charge in [0.15, 0.2) is 0 Å². The van der Waals surface area contributed by atoms with Crippen molar-refractivity contribution in [2.24, 2.45) is 0 Å². The van der Waals surface area contributed by atoms with Crippen LogP contribution in [0.4, 0.5) is 0 Å². The summed E-state index contributed by atoms with van der Waals surface area (Å²) >= 11 is 0. The molecular weight excluding hydrogens is 56.7 g/mol. The fraction of sp³-hybridized carbons (Fsp3) is 0. The van der Waals surface area contributed by atoms with Crippen molar-refractivity contribution in [1.29, 1.82) is 0 Å². The third kappa shape index (κ3) is 37.6. The Morgan fingerprint density at radius 3 is 1.00 bits per heavy atom. The van der Waals surface area contributed by atoms with Gasteiger partial charge in [0.1, 0.15) is 0 Å². The smallest absolute Gasteiger partial charge is 0.900 e. The molecule has 0 atom stereocenters. The Labute approximate surface area is 55.6 Å². The molecule has 0 aliphatic heterocycles. The fourth-order valence-electron chi connectivity index (χ4n) is 0. The van der Waals surface area contributed by atoms with E-state index in [1.807, 2.05) is 0 Å². The Morgan fingerprint density at radius 1 is 1.00 bits per heavy atom. The first kappa shape index (κ1) is 16.4. The largest absolute Gasteiger partial charge is 1.00 e. The van der Waals surface area contributed by atoms with Gasteiger partial charge in [0.25, 0.3) is 0 Å². The molecule has 0 aromatic rings. The van der Waals surface area contributed by atoms with Gasteiger partial charge in [0.2, 0.25) is 0 Å². The van der Waals surface area contributed by atoms with E-state index in [-0.39, 0.29) is 37.7 Å². The van der Waals surface area contributed by atoms with Gasteiger partial charge in [-0.2, -0.15) is 0 Å². The van der Waals surface area contributed by atoms with Crippen LogP contribution in [-0.2, 0) is 0 Å². The van der Waals surface area contributed by atoms with Gasteiger partial charge >= 0.3 is 37.7 Å². The molecule has 0 rings (SSSR count). The van der Waals surface area contributed by atoms with Crippen molar-refractivity contribution in [2.45, 2.75) is 0 Å². The van der Waals surface area contributed by atoms with E-state index in [0.29, 0.717) is 0 Å². The van der Waals surface area contributed by atoms with Gasteiger partial charge in [-0.1, -0.05) is 0 Å². The molecule has 0 unspecified atom stereocenters. The number of hydrogen-bond acceptors (Lipinski definition) is 2. The molecule has 0 aromatic heterocycles. The van der Waals surface area contributed by atoms with E-state index in [1.165, 1.54) is 0 Å². The number of rotatable bonds is 0. The molecule has 1 radical (unpaired) electrons. The average Bonchev–Trinajstić information content (AvgIpc) is 0.918. The molecule has 0 saturated carbocycles. The van der Waals surface area contributed by atoms with Crippen LogP contribution >= 0.6 is 0 Å². The molecule has 17 valence electrons. The maximum absolute atomic E-state index is 8.25. The molecule has 5 heteroatoms. The van der Waals surface area contributed by atoms with Gasteiger partial charge in [0, 0.05) is 0 Å². The van der Waals surface area contributed by atoms with Crippen molar-refractivity contribution in [2.75, 3.05) is 0 Å². The van der Waals surface area contributed by atoms with E-state index in [0.717, 1.165) is 0 Å². The molecule has 0 N–H and O–H groups in total. The zero-order valence-corrected chi connectivity index (χ0v) is 3.39. The minimum atomic E-state index is -0.500. The molecule has 2 nitrogen and oxygen atoms in total. The van der Waals surface area contributed by atoms with Crippen LogP contribution in [0.1, 0.15) is 0 Å². The minimum Gasteiger partial charge on any atom is -0.900 e. The second-order valence-electron chi connectivity index (χ2n) is 0.0962. The number of hydrogen-bond donors (Lipinski definition) is 0. The first-order valence-corrected chi connectivity index (χ1v) is 0.471. The van der Waals surface area contributed by atoms with Crippen molar-refractivity contribution in [3.05, 3.63) is 0 Å². The minimum absolute atomic E-state index is 0. The summed E-state index contributed by atoms with van der Waals surface area (Å²) in [4.78, 5) is 0. The van der Waals surface area contributed by atoms with E-state index >= 15 is 0 Å². The standard InChI is InChI=1S/BO2.2Li/c2-1-3;;/q-2;2*+1. The predicted octanol–water partition coefficient (Wildman–Crippen LogP) is -8.75. The summed E-state index contributed by atoms with van der Waals surface area (Å²) in [5.74, 6) is 0. The Morgan fingerprint density at radius 2 is 1.00 bits per heavy atom. The molecule has 5 heavy (non-hydrogen) atoms. The van der Waals surface area contributed by atoms with Gasteiger partial charge in [0.05, 0.1) is 0 Å². The van der Waals surface area contributed by atoms with Crippen LogP contribution in [0, 0.1) is 0 Å². The molecule has 0 fully saturated rings. The topological polar surface area (TPSA) is 46.1 Å². The van der Waals surface area contributed by atoms with Crippen LogP contribution in [0.3, 0.4) is 0 Å². The van der Waals surface area contributed by atoms with E-state index in [2.05, 4.69) is 0 Å². The molecule has 0 aliphatic rings. The van der Waals surface area contributed by atoms with Crippen LogP contribution in [0.2, 0.25) is 0 Å². The fourth-order valence-corrected chi connectivity index (χ4v) is 0. The van der Waals surface area contributed by atoms with Crippen LogP contribution in [-0.4, -0.2) is 7.69 Å². The molecule has 0 heterocycles. The average molecular weight is 56.7 g/mol. The summed E-state index contributed by atoms with van der Waals surface area (Å²) in [6, 6.07) is 0. The van der Waals surface area contributed by atoms with Crippen molar-refractivity contribution in [3.8, 4) is 0 Å². The van der Waals surface area contributed by atoms with E-state index in [4.69, 9.17) is 10.0 Å². The summed E-state index contributed by atoms with van der Waals surface area (Å²) < 4.78 is 0.